The second-order valence-corrected chi connectivity index (χ2v) is 6.98. The van der Waals surface area contributed by atoms with Gasteiger partial charge in [-0.2, -0.15) is 0 Å². The predicted molar refractivity (Wildman–Crippen MR) is 106 cm³/mol. The Bertz CT molecular complexity index is 1290. The highest BCUT2D eigenvalue weighted by molar-refractivity contribution is 7.22. The number of hydrogen-bond donors (Lipinski definition) is 2. The fourth-order valence-electron chi connectivity index (χ4n) is 2.53. The molecule has 0 unspecified atom stereocenters. The number of aromatic amines is 1. The SMILES string of the molecule is O=c1[nH]c(=O)n(-c2ccccc2)c(O)c1/C=N/c1nc2ccc(Cl)cc2s1. The third-order valence-electron chi connectivity index (χ3n) is 3.78. The lowest BCUT2D eigenvalue weighted by Crippen LogP contribution is -2.31. The molecule has 4 aromatic rings. The van der Waals surface area contributed by atoms with Crippen molar-refractivity contribution in [3.05, 3.63) is 80.0 Å². The quantitative estimate of drug-likeness (QED) is 0.517. The molecule has 4 rings (SSSR count). The fraction of sp³-hybridized carbons (Fsp3) is 0. The van der Waals surface area contributed by atoms with Crippen molar-refractivity contribution in [3.63, 3.8) is 0 Å². The Kier molecular flexibility index (Phi) is 4.35. The van der Waals surface area contributed by atoms with E-state index in [-0.39, 0.29) is 5.56 Å². The van der Waals surface area contributed by atoms with Crippen molar-refractivity contribution in [1.29, 1.82) is 0 Å². The van der Waals surface area contributed by atoms with E-state index in [4.69, 9.17) is 11.6 Å². The van der Waals surface area contributed by atoms with Crippen molar-refractivity contribution in [3.8, 4) is 11.6 Å². The maximum atomic E-state index is 12.1. The van der Waals surface area contributed by atoms with E-state index >= 15 is 0 Å². The molecular formula is C18H11ClN4O3S. The van der Waals surface area contributed by atoms with Crippen LogP contribution >= 0.6 is 22.9 Å². The Balaban J connectivity index is 1.80. The highest BCUT2D eigenvalue weighted by Crippen LogP contribution is 2.30. The van der Waals surface area contributed by atoms with Crippen molar-refractivity contribution in [2.75, 3.05) is 0 Å². The number of aromatic nitrogens is 3. The molecule has 0 aliphatic heterocycles. The largest absolute Gasteiger partial charge is 0.493 e. The monoisotopic (exact) mass is 398 g/mol. The van der Waals surface area contributed by atoms with Crippen LogP contribution in [0.2, 0.25) is 5.02 Å². The second kappa shape index (κ2) is 6.82. The molecule has 2 heterocycles. The van der Waals surface area contributed by atoms with Gasteiger partial charge in [0.1, 0.15) is 5.56 Å². The van der Waals surface area contributed by atoms with Crippen LogP contribution in [0.4, 0.5) is 5.13 Å². The van der Waals surface area contributed by atoms with Crippen molar-refractivity contribution in [2.45, 2.75) is 0 Å². The van der Waals surface area contributed by atoms with Gasteiger partial charge < -0.3 is 5.11 Å². The lowest BCUT2D eigenvalue weighted by atomic mass is 10.3. The van der Waals surface area contributed by atoms with Crippen LogP contribution in [-0.2, 0) is 0 Å². The number of para-hydroxylation sites is 1. The van der Waals surface area contributed by atoms with Crippen LogP contribution in [0, 0.1) is 0 Å². The number of nitrogens with one attached hydrogen (secondary N) is 1. The third-order valence-corrected chi connectivity index (χ3v) is 4.94. The average molecular weight is 399 g/mol. The fourth-order valence-corrected chi connectivity index (χ4v) is 3.62. The first-order chi connectivity index (χ1) is 13.0. The Hall–Kier alpha value is -3.23. The lowest BCUT2D eigenvalue weighted by Gasteiger charge is -2.08. The number of aliphatic imine (C=N–C) groups is 1. The van der Waals surface area contributed by atoms with Gasteiger partial charge in [0.15, 0.2) is 0 Å². The minimum absolute atomic E-state index is 0.143. The Morgan fingerprint density at radius 3 is 2.74 bits per heavy atom. The van der Waals surface area contributed by atoms with Gasteiger partial charge in [-0.15, -0.1) is 0 Å². The van der Waals surface area contributed by atoms with Gasteiger partial charge >= 0.3 is 5.69 Å². The zero-order valence-corrected chi connectivity index (χ0v) is 15.2. The number of halogens is 1. The maximum absolute atomic E-state index is 12.1. The molecule has 0 radical (unpaired) electrons. The van der Waals surface area contributed by atoms with Crippen LogP contribution in [0.3, 0.4) is 0 Å². The van der Waals surface area contributed by atoms with Gasteiger partial charge in [-0.1, -0.05) is 41.1 Å². The minimum Gasteiger partial charge on any atom is -0.493 e. The van der Waals surface area contributed by atoms with Gasteiger partial charge in [0.25, 0.3) is 5.56 Å². The summed E-state index contributed by atoms with van der Waals surface area (Å²) in [5.41, 5.74) is -0.478. The predicted octanol–water partition coefficient (Wildman–Crippen LogP) is 3.25. The number of nitrogens with zero attached hydrogens (tertiary/aromatic N) is 3. The summed E-state index contributed by atoms with van der Waals surface area (Å²) in [6.07, 6.45) is 1.19. The van der Waals surface area contributed by atoms with Crippen LogP contribution in [0.25, 0.3) is 15.9 Å². The molecule has 0 amide bonds. The Morgan fingerprint density at radius 1 is 1.19 bits per heavy atom. The topological polar surface area (TPSA) is 100 Å². The summed E-state index contributed by atoms with van der Waals surface area (Å²) in [6, 6.07) is 13.7. The zero-order valence-electron chi connectivity index (χ0n) is 13.6. The van der Waals surface area contributed by atoms with Crippen LogP contribution in [0.5, 0.6) is 5.88 Å². The molecule has 2 N–H and O–H groups in total. The number of aromatic hydroxyl groups is 1. The average Bonchev–Trinajstić information content (AvgIpc) is 3.04. The van der Waals surface area contributed by atoms with Gasteiger partial charge in [0.2, 0.25) is 11.0 Å². The summed E-state index contributed by atoms with van der Waals surface area (Å²) >= 11 is 7.25. The summed E-state index contributed by atoms with van der Waals surface area (Å²) in [5.74, 6) is -0.497. The maximum Gasteiger partial charge on any atom is 0.335 e. The van der Waals surface area contributed by atoms with E-state index < -0.39 is 17.1 Å². The van der Waals surface area contributed by atoms with E-state index in [1.54, 1.807) is 48.5 Å². The van der Waals surface area contributed by atoms with Crippen molar-refractivity contribution in [1.82, 2.24) is 14.5 Å². The number of H-pyrrole nitrogens is 1. The summed E-state index contributed by atoms with van der Waals surface area (Å²) in [6.45, 7) is 0. The molecule has 2 aromatic heterocycles. The first-order valence-electron chi connectivity index (χ1n) is 7.77. The van der Waals surface area contributed by atoms with Gasteiger partial charge in [0, 0.05) is 11.2 Å². The second-order valence-electron chi connectivity index (χ2n) is 5.53. The highest BCUT2D eigenvalue weighted by Gasteiger charge is 2.14. The highest BCUT2D eigenvalue weighted by atomic mass is 35.5. The first kappa shape index (κ1) is 17.2. The van der Waals surface area contributed by atoms with E-state index in [9.17, 15) is 14.7 Å². The molecule has 0 saturated heterocycles. The molecule has 0 aliphatic carbocycles. The van der Waals surface area contributed by atoms with Gasteiger partial charge in [-0.3, -0.25) is 9.78 Å². The summed E-state index contributed by atoms with van der Waals surface area (Å²) < 4.78 is 1.85. The van der Waals surface area contributed by atoms with E-state index in [1.807, 2.05) is 0 Å². The van der Waals surface area contributed by atoms with E-state index in [0.29, 0.717) is 15.8 Å². The van der Waals surface area contributed by atoms with Crippen LogP contribution in [0.15, 0.2) is 63.1 Å². The van der Waals surface area contributed by atoms with Gasteiger partial charge in [-0.05, 0) is 30.3 Å². The Morgan fingerprint density at radius 2 is 1.96 bits per heavy atom. The molecule has 0 spiro atoms. The number of fused-ring (bicyclic) bond motifs is 1. The van der Waals surface area contributed by atoms with E-state index in [1.165, 1.54) is 17.6 Å². The summed E-state index contributed by atoms with van der Waals surface area (Å²) in [4.78, 5) is 34.9. The number of thiazole rings is 1. The number of hydrogen-bond acceptors (Lipinski definition) is 6. The molecule has 2 aromatic carbocycles. The molecule has 7 nitrogen and oxygen atoms in total. The molecule has 0 saturated carbocycles. The van der Waals surface area contributed by atoms with Crippen LogP contribution < -0.4 is 11.2 Å². The molecule has 9 heteroatoms. The number of benzene rings is 2. The van der Waals surface area contributed by atoms with Gasteiger partial charge in [-0.25, -0.2) is 19.3 Å². The molecular weight excluding hydrogens is 388 g/mol. The van der Waals surface area contributed by atoms with Crippen LogP contribution in [0.1, 0.15) is 5.56 Å². The Labute approximate surface area is 160 Å². The summed E-state index contributed by atoms with van der Waals surface area (Å²) in [5, 5.41) is 11.5. The minimum atomic E-state index is -0.740. The normalized spacial score (nSPS) is 11.4. The summed E-state index contributed by atoms with van der Waals surface area (Å²) in [7, 11) is 0. The van der Waals surface area contributed by atoms with Crippen molar-refractivity contribution in [2.24, 2.45) is 4.99 Å². The van der Waals surface area contributed by atoms with Gasteiger partial charge in [0.05, 0.1) is 15.9 Å². The standard InChI is InChI=1S/C18H11ClN4O3S/c19-10-6-7-13-14(8-10)27-17(21-13)20-9-12-15(24)22-18(26)23(16(12)25)11-4-2-1-3-5-11/h1-9,25H,(H,22,24,26)/b20-9+. The zero-order chi connectivity index (χ0) is 19.0. The lowest BCUT2D eigenvalue weighted by molar-refractivity contribution is 0.430. The van der Waals surface area contributed by atoms with E-state index in [0.717, 1.165) is 14.8 Å². The molecule has 0 fully saturated rings. The first-order valence-corrected chi connectivity index (χ1v) is 8.96. The smallest absolute Gasteiger partial charge is 0.335 e. The van der Waals surface area contributed by atoms with Crippen LogP contribution in [-0.4, -0.2) is 25.9 Å². The van der Waals surface area contributed by atoms with Crippen molar-refractivity contribution >= 4 is 44.5 Å². The molecule has 0 bridgehead atoms. The molecule has 0 atom stereocenters. The van der Waals surface area contributed by atoms with Crippen molar-refractivity contribution < 1.29 is 5.11 Å². The molecule has 0 aliphatic rings. The number of rotatable bonds is 3. The molecule has 134 valence electrons. The van der Waals surface area contributed by atoms with E-state index in [2.05, 4.69) is 15.0 Å². The molecule has 27 heavy (non-hydrogen) atoms. The third kappa shape index (κ3) is 3.27.